The molecule has 0 aromatic rings. The normalized spacial score (nSPS) is 24.9. The van der Waals surface area contributed by atoms with Crippen molar-refractivity contribution in [2.75, 3.05) is 27.3 Å². The zero-order valence-corrected chi connectivity index (χ0v) is 12.2. The number of piperidine rings is 1. The van der Waals surface area contributed by atoms with Gasteiger partial charge in [0, 0.05) is 20.7 Å². The molecule has 110 valence electrons. The van der Waals surface area contributed by atoms with Crippen molar-refractivity contribution >= 4 is 12.0 Å². The lowest BCUT2D eigenvalue weighted by Gasteiger charge is -2.44. The van der Waals surface area contributed by atoms with E-state index in [1.807, 2.05) is 6.92 Å². The van der Waals surface area contributed by atoms with E-state index in [-0.39, 0.29) is 12.1 Å². The maximum Gasteiger partial charge on any atom is 0.329 e. The summed E-state index contributed by atoms with van der Waals surface area (Å²) in [6.07, 6.45) is 2.19. The smallest absolute Gasteiger partial charge is 0.329 e. The minimum absolute atomic E-state index is 0.0857. The van der Waals surface area contributed by atoms with Gasteiger partial charge in [0.1, 0.15) is 5.54 Å². The standard InChI is InChI=1S/C13H24N2O4/c1-10(9-19-4)14(3)12(18)15-8-6-5-7-13(15,2)11(16)17/h10H,5-9H2,1-4H3,(H,16,17). The summed E-state index contributed by atoms with van der Waals surface area (Å²) in [5, 5.41) is 9.40. The van der Waals surface area contributed by atoms with Crippen LogP contribution in [-0.2, 0) is 9.53 Å². The average Bonchev–Trinajstić information content (AvgIpc) is 2.37. The summed E-state index contributed by atoms with van der Waals surface area (Å²) in [6.45, 7) is 4.43. The zero-order valence-electron chi connectivity index (χ0n) is 12.2. The van der Waals surface area contributed by atoms with Gasteiger partial charge in [0.2, 0.25) is 0 Å². The first-order valence-electron chi connectivity index (χ1n) is 6.61. The highest BCUT2D eigenvalue weighted by molar-refractivity contribution is 5.86. The first kappa shape index (κ1) is 15.8. The molecule has 2 unspecified atom stereocenters. The molecular weight excluding hydrogens is 248 g/mol. The molecule has 1 fully saturated rings. The minimum Gasteiger partial charge on any atom is -0.480 e. The number of carboxylic acids is 1. The topological polar surface area (TPSA) is 70.1 Å². The number of urea groups is 1. The molecule has 0 spiro atoms. The van der Waals surface area contributed by atoms with Crippen LogP contribution in [0.15, 0.2) is 0 Å². The molecule has 1 heterocycles. The van der Waals surface area contributed by atoms with Crippen molar-refractivity contribution in [1.29, 1.82) is 0 Å². The fourth-order valence-electron chi connectivity index (χ4n) is 2.38. The summed E-state index contributed by atoms with van der Waals surface area (Å²) in [4.78, 5) is 27.0. The summed E-state index contributed by atoms with van der Waals surface area (Å²) in [6, 6.07) is -0.327. The molecule has 1 N–H and O–H groups in total. The van der Waals surface area contributed by atoms with E-state index in [1.54, 1.807) is 26.0 Å². The number of ether oxygens (including phenoxy) is 1. The second kappa shape index (κ2) is 6.23. The number of amides is 2. The van der Waals surface area contributed by atoms with Gasteiger partial charge >= 0.3 is 12.0 Å². The lowest BCUT2D eigenvalue weighted by molar-refractivity contribution is -0.150. The fourth-order valence-corrected chi connectivity index (χ4v) is 2.38. The lowest BCUT2D eigenvalue weighted by Crippen LogP contribution is -2.61. The molecule has 1 aliphatic rings. The highest BCUT2D eigenvalue weighted by Crippen LogP contribution is 2.29. The molecule has 0 aromatic carbocycles. The van der Waals surface area contributed by atoms with Gasteiger partial charge in [-0.3, -0.25) is 0 Å². The first-order valence-corrected chi connectivity index (χ1v) is 6.61. The molecule has 19 heavy (non-hydrogen) atoms. The molecule has 1 saturated heterocycles. The Hall–Kier alpha value is -1.30. The van der Waals surface area contributed by atoms with E-state index in [9.17, 15) is 14.7 Å². The molecule has 6 heteroatoms. The molecule has 0 bridgehead atoms. The Morgan fingerprint density at radius 2 is 2.11 bits per heavy atom. The van der Waals surface area contributed by atoms with E-state index in [0.29, 0.717) is 19.6 Å². The van der Waals surface area contributed by atoms with E-state index in [1.165, 1.54) is 4.90 Å². The molecule has 2 atom stereocenters. The van der Waals surface area contributed by atoms with Crippen molar-refractivity contribution in [2.45, 2.75) is 44.7 Å². The third-order valence-corrected chi connectivity index (χ3v) is 3.95. The molecule has 6 nitrogen and oxygen atoms in total. The van der Waals surface area contributed by atoms with E-state index < -0.39 is 11.5 Å². The summed E-state index contributed by atoms with van der Waals surface area (Å²) < 4.78 is 5.03. The number of hydrogen-bond acceptors (Lipinski definition) is 3. The van der Waals surface area contributed by atoms with Gasteiger partial charge in [-0.25, -0.2) is 9.59 Å². The van der Waals surface area contributed by atoms with Crippen molar-refractivity contribution in [3.63, 3.8) is 0 Å². The van der Waals surface area contributed by atoms with Crippen LogP contribution in [0.25, 0.3) is 0 Å². The van der Waals surface area contributed by atoms with E-state index >= 15 is 0 Å². The zero-order chi connectivity index (χ0) is 14.6. The number of carbonyl (C=O) groups is 2. The van der Waals surface area contributed by atoms with Gasteiger partial charge < -0.3 is 19.6 Å². The highest BCUT2D eigenvalue weighted by Gasteiger charge is 2.45. The molecule has 1 rings (SSSR count). The van der Waals surface area contributed by atoms with Crippen molar-refractivity contribution in [3.05, 3.63) is 0 Å². The molecule has 1 aliphatic heterocycles. The van der Waals surface area contributed by atoms with Gasteiger partial charge in [0.05, 0.1) is 12.6 Å². The van der Waals surface area contributed by atoms with Crippen LogP contribution in [0.5, 0.6) is 0 Å². The summed E-state index contributed by atoms with van der Waals surface area (Å²) in [5.74, 6) is -0.937. The monoisotopic (exact) mass is 272 g/mol. The molecule has 0 aliphatic carbocycles. The Bertz CT molecular complexity index is 348. The second-order valence-electron chi connectivity index (χ2n) is 5.39. The number of methoxy groups -OCH3 is 1. The summed E-state index contributed by atoms with van der Waals surface area (Å²) in [5.41, 5.74) is -1.10. The predicted octanol–water partition coefficient (Wildman–Crippen LogP) is 1.40. The Kier molecular flexibility index (Phi) is 5.17. The van der Waals surface area contributed by atoms with Crippen LogP contribution in [0, 0.1) is 0 Å². The number of rotatable bonds is 4. The molecule has 2 amide bonds. The van der Waals surface area contributed by atoms with E-state index in [0.717, 1.165) is 12.8 Å². The first-order chi connectivity index (χ1) is 8.84. The van der Waals surface area contributed by atoms with Crippen LogP contribution in [0.1, 0.15) is 33.1 Å². The lowest BCUT2D eigenvalue weighted by atomic mass is 9.89. The molecule has 0 aromatic heterocycles. The van der Waals surface area contributed by atoms with Gasteiger partial charge in [0.25, 0.3) is 0 Å². The number of hydrogen-bond donors (Lipinski definition) is 1. The number of carbonyl (C=O) groups excluding carboxylic acids is 1. The third kappa shape index (κ3) is 3.18. The fraction of sp³-hybridized carbons (Fsp3) is 0.846. The van der Waals surface area contributed by atoms with Crippen LogP contribution in [-0.4, -0.2) is 65.8 Å². The SMILES string of the molecule is COCC(C)N(C)C(=O)N1CCCCC1(C)C(=O)O. The molecular formula is C13H24N2O4. The minimum atomic E-state index is -1.10. The van der Waals surface area contributed by atoms with Crippen LogP contribution >= 0.6 is 0 Å². The highest BCUT2D eigenvalue weighted by atomic mass is 16.5. The van der Waals surface area contributed by atoms with Gasteiger partial charge in [-0.15, -0.1) is 0 Å². The van der Waals surface area contributed by atoms with Crippen molar-refractivity contribution in [1.82, 2.24) is 9.80 Å². The quantitative estimate of drug-likeness (QED) is 0.840. The van der Waals surface area contributed by atoms with E-state index in [2.05, 4.69) is 0 Å². The van der Waals surface area contributed by atoms with Gasteiger partial charge in [0.15, 0.2) is 0 Å². The predicted molar refractivity (Wildman–Crippen MR) is 71.1 cm³/mol. The van der Waals surface area contributed by atoms with Crippen molar-refractivity contribution in [2.24, 2.45) is 0 Å². The number of nitrogens with zero attached hydrogens (tertiary/aromatic N) is 2. The number of carboxylic acid groups (broad SMARTS) is 1. The Labute approximate surface area is 114 Å². The Morgan fingerprint density at radius 1 is 1.47 bits per heavy atom. The van der Waals surface area contributed by atoms with Crippen LogP contribution < -0.4 is 0 Å². The average molecular weight is 272 g/mol. The van der Waals surface area contributed by atoms with Crippen molar-refractivity contribution in [3.8, 4) is 0 Å². The number of aliphatic carboxylic acids is 1. The largest absolute Gasteiger partial charge is 0.480 e. The van der Waals surface area contributed by atoms with Crippen LogP contribution in [0.4, 0.5) is 4.79 Å². The second-order valence-corrected chi connectivity index (χ2v) is 5.39. The summed E-state index contributed by atoms with van der Waals surface area (Å²) >= 11 is 0. The van der Waals surface area contributed by atoms with Gasteiger partial charge in [-0.05, 0) is 33.1 Å². The number of likely N-dealkylation sites (tertiary alicyclic amines) is 1. The maximum atomic E-state index is 12.5. The maximum absolute atomic E-state index is 12.5. The van der Waals surface area contributed by atoms with Crippen LogP contribution in [0.3, 0.4) is 0 Å². The Balaban J connectivity index is 2.86. The molecule has 0 radical (unpaired) electrons. The van der Waals surface area contributed by atoms with Gasteiger partial charge in [-0.1, -0.05) is 0 Å². The summed E-state index contributed by atoms with van der Waals surface area (Å²) in [7, 11) is 3.26. The van der Waals surface area contributed by atoms with Crippen molar-refractivity contribution < 1.29 is 19.4 Å². The van der Waals surface area contributed by atoms with Gasteiger partial charge in [-0.2, -0.15) is 0 Å². The van der Waals surface area contributed by atoms with E-state index in [4.69, 9.17) is 4.74 Å². The number of likely N-dealkylation sites (N-methyl/N-ethyl adjacent to an activating group) is 1. The Morgan fingerprint density at radius 3 is 2.63 bits per heavy atom. The third-order valence-electron chi connectivity index (χ3n) is 3.95. The van der Waals surface area contributed by atoms with Crippen LogP contribution in [0.2, 0.25) is 0 Å². The molecule has 0 saturated carbocycles.